The largest absolute Gasteiger partial charge is 0.435 e. The van der Waals surface area contributed by atoms with Crippen molar-refractivity contribution in [3.05, 3.63) is 81.6 Å². The van der Waals surface area contributed by atoms with Gasteiger partial charge in [0.15, 0.2) is 5.69 Å². The number of halogens is 4. The second-order valence-corrected chi connectivity index (χ2v) is 8.33. The number of carbonyl (C=O) groups excluding carboxylic acids is 2. The van der Waals surface area contributed by atoms with Gasteiger partial charge < -0.3 is 11.5 Å². The molecule has 2 heterocycles. The van der Waals surface area contributed by atoms with E-state index in [2.05, 4.69) is 10.1 Å². The van der Waals surface area contributed by atoms with Crippen molar-refractivity contribution in [3.8, 4) is 17.2 Å². The van der Waals surface area contributed by atoms with Gasteiger partial charge in [-0.15, -0.1) is 0 Å². The predicted molar refractivity (Wildman–Crippen MR) is 125 cm³/mol. The number of aryl methyl sites for hydroxylation is 1. The van der Waals surface area contributed by atoms with E-state index in [0.717, 1.165) is 22.9 Å². The first-order valence-corrected chi connectivity index (χ1v) is 10.7. The number of hydrogen-bond acceptors (Lipinski definition) is 5. The molecule has 2 aromatic carbocycles. The van der Waals surface area contributed by atoms with Gasteiger partial charge in [0.2, 0.25) is 5.91 Å². The summed E-state index contributed by atoms with van der Waals surface area (Å²) in [7, 11) is 0. The third kappa shape index (κ3) is 4.47. The molecule has 0 unspecified atom stereocenters. The Morgan fingerprint density at radius 3 is 2.32 bits per heavy atom. The zero-order valence-electron chi connectivity index (χ0n) is 19.4. The van der Waals surface area contributed by atoms with Gasteiger partial charge in [0, 0.05) is 28.3 Å². The molecular formula is C25H18F4N6O2. The molecule has 0 atom stereocenters. The van der Waals surface area contributed by atoms with Crippen LogP contribution in [0.4, 0.5) is 17.6 Å². The first-order chi connectivity index (χ1) is 17.3. The summed E-state index contributed by atoms with van der Waals surface area (Å²) in [4.78, 5) is 28.9. The zero-order chi connectivity index (χ0) is 27.2. The Hall–Kier alpha value is -4.79. The first-order valence-electron chi connectivity index (χ1n) is 10.7. The van der Waals surface area contributed by atoms with Crippen LogP contribution in [0.3, 0.4) is 0 Å². The van der Waals surface area contributed by atoms with E-state index >= 15 is 0 Å². The van der Waals surface area contributed by atoms with E-state index in [1.807, 2.05) is 6.07 Å². The number of hydrogen-bond donors (Lipinski definition) is 2. The molecule has 0 radical (unpaired) electrons. The summed E-state index contributed by atoms with van der Waals surface area (Å²) in [6.07, 6.45) is -5.01. The number of aromatic nitrogens is 3. The highest BCUT2D eigenvalue weighted by Crippen LogP contribution is 2.42. The summed E-state index contributed by atoms with van der Waals surface area (Å²) in [5, 5.41) is 12.8. The molecule has 12 heteroatoms. The topological polar surface area (TPSA) is 141 Å². The van der Waals surface area contributed by atoms with Crippen molar-refractivity contribution in [2.75, 3.05) is 0 Å². The fourth-order valence-corrected chi connectivity index (χ4v) is 4.24. The smallest absolute Gasteiger partial charge is 0.366 e. The molecule has 4 N–H and O–H groups in total. The van der Waals surface area contributed by atoms with Gasteiger partial charge in [-0.05, 0) is 43.2 Å². The number of fused-ring (bicyclic) bond motifs is 1. The van der Waals surface area contributed by atoms with E-state index in [4.69, 9.17) is 16.7 Å². The van der Waals surface area contributed by atoms with Crippen molar-refractivity contribution in [1.29, 1.82) is 5.26 Å². The lowest BCUT2D eigenvalue weighted by Gasteiger charge is -2.16. The molecule has 0 bridgehead atoms. The second kappa shape index (κ2) is 9.02. The average molecular weight is 510 g/mol. The van der Waals surface area contributed by atoms with Crippen LogP contribution in [0.25, 0.3) is 22.0 Å². The van der Waals surface area contributed by atoms with Crippen molar-refractivity contribution in [2.45, 2.75) is 26.6 Å². The van der Waals surface area contributed by atoms with Crippen LogP contribution in [-0.2, 0) is 12.7 Å². The Morgan fingerprint density at radius 2 is 1.76 bits per heavy atom. The predicted octanol–water partition coefficient (Wildman–Crippen LogP) is 3.99. The number of pyridine rings is 1. The normalized spacial score (nSPS) is 11.5. The van der Waals surface area contributed by atoms with Crippen LogP contribution in [0.1, 0.15) is 48.9 Å². The van der Waals surface area contributed by atoms with Crippen LogP contribution in [0.2, 0.25) is 0 Å². The van der Waals surface area contributed by atoms with E-state index in [1.54, 1.807) is 19.1 Å². The first kappa shape index (κ1) is 25.3. The lowest BCUT2D eigenvalue weighted by molar-refractivity contribution is -0.141. The van der Waals surface area contributed by atoms with E-state index in [9.17, 15) is 27.2 Å². The molecule has 4 rings (SSSR count). The summed E-state index contributed by atoms with van der Waals surface area (Å²) in [5.41, 5.74) is 8.69. The molecule has 0 aliphatic heterocycles. The Balaban J connectivity index is 2.07. The molecule has 0 aliphatic carbocycles. The number of nitrogens with two attached hydrogens (primary N) is 2. The summed E-state index contributed by atoms with van der Waals surface area (Å²) in [6.45, 7) is 2.90. The number of rotatable bonds is 5. The molecule has 37 heavy (non-hydrogen) atoms. The van der Waals surface area contributed by atoms with Gasteiger partial charge in [-0.1, -0.05) is 12.1 Å². The van der Waals surface area contributed by atoms with Crippen LogP contribution in [0, 0.1) is 31.0 Å². The SMILES string of the molecule is Cc1cc(Cn2nc(C(F)(F)F)c(-c3c(C(N)=O)nc4cc(F)ccc4c3C(N)=O)c2C)ccc1C#N. The molecule has 0 saturated heterocycles. The van der Waals surface area contributed by atoms with Crippen LogP contribution < -0.4 is 11.5 Å². The molecule has 0 saturated carbocycles. The average Bonchev–Trinajstić information content (AvgIpc) is 3.13. The maximum atomic E-state index is 14.2. The molecule has 2 amide bonds. The monoisotopic (exact) mass is 510 g/mol. The van der Waals surface area contributed by atoms with Crippen molar-refractivity contribution < 1.29 is 27.2 Å². The van der Waals surface area contributed by atoms with Crippen molar-refractivity contribution in [2.24, 2.45) is 11.5 Å². The summed E-state index contributed by atoms with van der Waals surface area (Å²) in [5.74, 6) is -3.16. The van der Waals surface area contributed by atoms with Crippen LogP contribution >= 0.6 is 0 Å². The van der Waals surface area contributed by atoms with Gasteiger partial charge in [-0.3, -0.25) is 14.3 Å². The maximum absolute atomic E-state index is 14.2. The van der Waals surface area contributed by atoms with Gasteiger partial charge in [-0.2, -0.15) is 23.5 Å². The second-order valence-electron chi connectivity index (χ2n) is 8.33. The van der Waals surface area contributed by atoms with E-state index in [1.165, 1.54) is 13.0 Å². The fraction of sp³-hybridized carbons (Fsp3) is 0.160. The number of carbonyl (C=O) groups is 2. The molecule has 8 nitrogen and oxygen atoms in total. The number of amides is 2. The molecule has 0 aliphatic rings. The standard InChI is InChI=1S/C25H18F4N6O2/c1-11-7-13(3-4-14(11)9-30)10-35-12(2)18(22(34-35)25(27,28)29)20-19(23(31)36)16-6-5-15(26)8-17(16)33-21(20)24(32)37/h3-8H,10H2,1-2H3,(H2,31,36)(H2,32,37). The van der Waals surface area contributed by atoms with Crippen LogP contribution in [0.15, 0.2) is 36.4 Å². The zero-order valence-corrected chi connectivity index (χ0v) is 19.4. The molecular weight excluding hydrogens is 492 g/mol. The third-order valence-electron chi connectivity index (χ3n) is 5.90. The quantitative estimate of drug-likeness (QED) is 0.391. The molecule has 0 fully saturated rings. The molecule has 188 valence electrons. The summed E-state index contributed by atoms with van der Waals surface area (Å²) < 4.78 is 57.6. The van der Waals surface area contributed by atoms with Gasteiger partial charge in [0.1, 0.15) is 11.5 Å². The molecule has 0 spiro atoms. The maximum Gasteiger partial charge on any atom is 0.435 e. The van der Waals surface area contributed by atoms with E-state index in [0.29, 0.717) is 16.7 Å². The fourth-order valence-electron chi connectivity index (χ4n) is 4.24. The Labute approximate surface area is 207 Å². The van der Waals surface area contributed by atoms with Gasteiger partial charge in [-0.25, -0.2) is 9.37 Å². The highest BCUT2D eigenvalue weighted by molar-refractivity contribution is 6.15. The number of primary amides is 2. The van der Waals surface area contributed by atoms with Gasteiger partial charge in [0.05, 0.1) is 29.3 Å². The molecule has 2 aromatic heterocycles. The lowest BCUT2D eigenvalue weighted by Crippen LogP contribution is -2.21. The minimum Gasteiger partial charge on any atom is -0.366 e. The highest BCUT2D eigenvalue weighted by atomic mass is 19.4. The van der Waals surface area contributed by atoms with E-state index < -0.39 is 51.9 Å². The minimum absolute atomic E-state index is 0.0531. The van der Waals surface area contributed by atoms with Crippen molar-refractivity contribution >= 4 is 22.7 Å². The Bertz CT molecular complexity index is 1650. The Morgan fingerprint density at radius 1 is 1.05 bits per heavy atom. The number of nitrogens with zero attached hydrogens (tertiary/aromatic N) is 4. The highest BCUT2D eigenvalue weighted by Gasteiger charge is 2.41. The van der Waals surface area contributed by atoms with E-state index in [-0.39, 0.29) is 23.1 Å². The number of nitriles is 1. The summed E-state index contributed by atoms with van der Waals surface area (Å²) in [6, 6.07) is 9.81. The Kier molecular flexibility index (Phi) is 6.17. The summed E-state index contributed by atoms with van der Waals surface area (Å²) >= 11 is 0. The van der Waals surface area contributed by atoms with Gasteiger partial charge >= 0.3 is 6.18 Å². The van der Waals surface area contributed by atoms with Crippen molar-refractivity contribution in [1.82, 2.24) is 14.8 Å². The molecule has 4 aromatic rings. The number of alkyl halides is 3. The lowest BCUT2D eigenvalue weighted by atomic mass is 9.92. The minimum atomic E-state index is -5.01. The van der Waals surface area contributed by atoms with Crippen molar-refractivity contribution in [3.63, 3.8) is 0 Å². The third-order valence-corrected chi connectivity index (χ3v) is 5.90. The van der Waals surface area contributed by atoms with Crippen LogP contribution in [-0.4, -0.2) is 26.6 Å². The number of benzene rings is 2. The van der Waals surface area contributed by atoms with Gasteiger partial charge in [0.25, 0.3) is 5.91 Å². The van der Waals surface area contributed by atoms with Crippen LogP contribution in [0.5, 0.6) is 0 Å².